The minimum Gasteiger partial charge on any atom is -0.350 e. The lowest BCUT2D eigenvalue weighted by atomic mass is 10.0. The molecule has 0 radical (unpaired) electrons. The van der Waals surface area contributed by atoms with E-state index >= 15 is 0 Å². The van der Waals surface area contributed by atoms with Crippen molar-refractivity contribution in [1.29, 1.82) is 0 Å². The first-order valence-electron chi connectivity index (χ1n) is 10.3. The van der Waals surface area contributed by atoms with E-state index in [1.165, 1.54) is 17.4 Å². The number of urea groups is 1. The van der Waals surface area contributed by atoms with Gasteiger partial charge in [0.1, 0.15) is 5.82 Å². The Balaban J connectivity index is 1.61. The van der Waals surface area contributed by atoms with Gasteiger partial charge in [0.2, 0.25) is 4.33 Å². The van der Waals surface area contributed by atoms with Gasteiger partial charge in [0, 0.05) is 17.3 Å². The first-order chi connectivity index (χ1) is 16.4. The summed E-state index contributed by atoms with van der Waals surface area (Å²) in [5.41, 5.74) is -0.0673. The smallest absolute Gasteiger partial charge is 0.350 e. The Labute approximate surface area is 211 Å². The molecular weight excluding hydrogens is 529 g/mol. The van der Waals surface area contributed by atoms with Crippen molar-refractivity contribution in [3.05, 3.63) is 70.2 Å². The highest BCUT2D eigenvalue weighted by molar-refractivity contribution is 7.08. The molecule has 12 heteroatoms. The Hall–Kier alpha value is -2.82. The summed E-state index contributed by atoms with van der Waals surface area (Å²) in [5, 5.41) is 11.2. The topological polar surface area (TPSA) is 70.2 Å². The van der Waals surface area contributed by atoms with Crippen LogP contribution in [0.5, 0.6) is 0 Å². The van der Waals surface area contributed by atoms with Gasteiger partial charge in [-0.3, -0.25) is 4.79 Å². The molecule has 3 N–H and O–H groups in total. The van der Waals surface area contributed by atoms with Crippen molar-refractivity contribution < 1.29 is 27.2 Å². The van der Waals surface area contributed by atoms with Gasteiger partial charge in [0.05, 0.1) is 11.3 Å². The van der Waals surface area contributed by atoms with Gasteiger partial charge in [-0.2, -0.15) is 24.5 Å². The molecule has 3 aromatic rings. The molecule has 0 bridgehead atoms. The summed E-state index contributed by atoms with van der Waals surface area (Å²) in [6.45, 7) is 0. The van der Waals surface area contributed by atoms with E-state index in [2.05, 4.69) is 16.0 Å². The van der Waals surface area contributed by atoms with Crippen LogP contribution in [0.1, 0.15) is 24.0 Å². The Morgan fingerprint density at radius 3 is 2.37 bits per heavy atom. The van der Waals surface area contributed by atoms with Gasteiger partial charge in [0.25, 0.3) is 5.91 Å². The number of thiophene rings is 1. The average Bonchev–Trinajstić information content (AvgIpc) is 3.43. The van der Waals surface area contributed by atoms with Crippen molar-refractivity contribution in [2.75, 3.05) is 10.6 Å². The van der Waals surface area contributed by atoms with Gasteiger partial charge in [0.15, 0.2) is 0 Å². The van der Waals surface area contributed by atoms with Gasteiger partial charge >= 0.3 is 12.2 Å². The van der Waals surface area contributed by atoms with Gasteiger partial charge in [-0.05, 0) is 65.1 Å². The van der Waals surface area contributed by atoms with Crippen LogP contribution < -0.4 is 16.0 Å². The number of carbonyl (C=O) groups excluding carboxylic acids is 2. The number of rotatable bonds is 6. The molecule has 3 amide bonds. The van der Waals surface area contributed by atoms with Crippen LogP contribution in [0.3, 0.4) is 0 Å². The second kappa shape index (κ2) is 9.67. The molecule has 1 saturated carbocycles. The average molecular weight is 546 g/mol. The summed E-state index contributed by atoms with van der Waals surface area (Å²) < 4.78 is 50.6. The van der Waals surface area contributed by atoms with E-state index in [1.54, 1.807) is 18.2 Å². The first kappa shape index (κ1) is 25.3. The second-order valence-corrected chi connectivity index (χ2v) is 9.97. The van der Waals surface area contributed by atoms with E-state index < -0.39 is 33.8 Å². The molecule has 5 nitrogen and oxygen atoms in total. The molecule has 0 spiro atoms. The van der Waals surface area contributed by atoms with E-state index in [4.69, 9.17) is 23.2 Å². The standard InChI is InChI=1S/C23H17Cl2F4N3O2S/c24-22(25,20(33)30-14-2-3-14)13-1-5-16(12-7-8-35-11-12)19(9-13)32-21(34)31-15-4-6-18(26)17(10-15)23(27,28)29/h1,4-11,14H,2-3H2,(H,30,33)(H2,31,32,34). The molecule has 0 unspecified atom stereocenters. The third kappa shape index (κ3) is 5.88. The van der Waals surface area contributed by atoms with Crippen LogP contribution in [-0.2, 0) is 15.3 Å². The quantitative estimate of drug-likeness (QED) is 0.228. The van der Waals surface area contributed by atoms with Crippen LogP contribution in [-0.4, -0.2) is 18.0 Å². The van der Waals surface area contributed by atoms with Crippen molar-refractivity contribution in [3.8, 4) is 11.1 Å². The Kier molecular flexibility index (Phi) is 6.99. The number of benzene rings is 2. The Bertz CT molecular complexity index is 1260. The molecule has 0 atom stereocenters. The molecule has 1 aliphatic carbocycles. The number of hydrogen-bond acceptors (Lipinski definition) is 3. The fraction of sp³-hybridized carbons (Fsp3) is 0.217. The zero-order chi connectivity index (χ0) is 25.4. The first-order valence-corrected chi connectivity index (χ1v) is 12.0. The highest BCUT2D eigenvalue weighted by atomic mass is 35.5. The molecular formula is C23H17Cl2F4N3O2S. The van der Waals surface area contributed by atoms with Crippen LogP contribution >= 0.6 is 34.5 Å². The summed E-state index contributed by atoms with van der Waals surface area (Å²) in [6.07, 6.45) is -3.26. The van der Waals surface area contributed by atoms with Crippen molar-refractivity contribution in [3.63, 3.8) is 0 Å². The lowest BCUT2D eigenvalue weighted by Gasteiger charge is -2.21. The molecule has 1 fully saturated rings. The van der Waals surface area contributed by atoms with Crippen LogP contribution in [0.2, 0.25) is 0 Å². The van der Waals surface area contributed by atoms with E-state index in [1.807, 2.05) is 10.8 Å². The fourth-order valence-corrected chi connectivity index (χ4v) is 4.25. The third-order valence-corrected chi connectivity index (χ3v) is 6.65. The molecule has 0 saturated heterocycles. The normalized spacial score (nSPS) is 13.9. The van der Waals surface area contributed by atoms with E-state index in [-0.39, 0.29) is 23.0 Å². The van der Waals surface area contributed by atoms with E-state index in [9.17, 15) is 27.2 Å². The number of anilines is 2. The molecule has 1 aliphatic rings. The molecule has 184 valence electrons. The lowest BCUT2D eigenvalue weighted by Crippen LogP contribution is -2.37. The molecule has 1 heterocycles. The van der Waals surface area contributed by atoms with Gasteiger partial charge < -0.3 is 16.0 Å². The van der Waals surface area contributed by atoms with Crippen LogP contribution in [0, 0.1) is 5.82 Å². The largest absolute Gasteiger partial charge is 0.419 e. The van der Waals surface area contributed by atoms with Crippen molar-refractivity contribution in [2.24, 2.45) is 0 Å². The summed E-state index contributed by atoms with van der Waals surface area (Å²) in [5.74, 6) is -2.06. The van der Waals surface area contributed by atoms with Gasteiger partial charge in [-0.1, -0.05) is 35.3 Å². The molecule has 4 rings (SSSR count). The van der Waals surface area contributed by atoms with Crippen molar-refractivity contribution in [2.45, 2.75) is 29.4 Å². The van der Waals surface area contributed by atoms with Crippen molar-refractivity contribution >= 4 is 57.9 Å². The van der Waals surface area contributed by atoms with Crippen LogP contribution in [0.15, 0.2) is 53.2 Å². The summed E-state index contributed by atoms with van der Waals surface area (Å²) in [7, 11) is 0. The maximum absolute atomic E-state index is 13.6. The Morgan fingerprint density at radius 1 is 1.00 bits per heavy atom. The maximum Gasteiger partial charge on any atom is 0.419 e. The fourth-order valence-electron chi connectivity index (χ4n) is 3.25. The zero-order valence-electron chi connectivity index (χ0n) is 17.7. The SMILES string of the molecule is O=C(Nc1ccc(F)c(C(F)(F)F)c1)Nc1cc(C(Cl)(Cl)C(=O)NC2CC2)ccc1-c1ccsc1. The maximum atomic E-state index is 13.6. The predicted molar refractivity (Wildman–Crippen MR) is 128 cm³/mol. The number of nitrogens with one attached hydrogen (secondary N) is 3. The summed E-state index contributed by atoms with van der Waals surface area (Å²) in [6, 6.07) is 7.64. The Morgan fingerprint density at radius 2 is 1.74 bits per heavy atom. The third-order valence-electron chi connectivity index (χ3n) is 5.19. The minimum atomic E-state index is -4.93. The number of hydrogen-bond donors (Lipinski definition) is 3. The molecule has 1 aromatic heterocycles. The van der Waals surface area contributed by atoms with Gasteiger partial charge in [-0.15, -0.1) is 0 Å². The molecule has 2 aromatic carbocycles. The van der Waals surface area contributed by atoms with Gasteiger partial charge in [-0.25, -0.2) is 9.18 Å². The predicted octanol–water partition coefficient (Wildman–Crippen LogP) is 7.13. The second-order valence-electron chi connectivity index (χ2n) is 7.87. The monoisotopic (exact) mass is 545 g/mol. The highest BCUT2D eigenvalue weighted by Gasteiger charge is 2.39. The molecule has 0 aliphatic heterocycles. The van der Waals surface area contributed by atoms with Crippen LogP contribution in [0.4, 0.5) is 33.7 Å². The number of carbonyl (C=O) groups is 2. The highest BCUT2D eigenvalue weighted by Crippen LogP contribution is 2.40. The number of halogens is 6. The van der Waals surface area contributed by atoms with E-state index in [0.29, 0.717) is 17.7 Å². The van der Waals surface area contributed by atoms with Crippen molar-refractivity contribution in [1.82, 2.24) is 5.32 Å². The van der Waals surface area contributed by atoms with Crippen LogP contribution in [0.25, 0.3) is 11.1 Å². The number of alkyl halides is 5. The van der Waals surface area contributed by atoms with E-state index in [0.717, 1.165) is 24.5 Å². The lowest BCUT2D eigenvalue weighted by molar-refractivity contribution is -0.140. The summed E-state index contributed by atoms with van der Waals surface area (Å²) >= 11 is 14.1. The minimum absolute atomic E-state index is 0.0186. The zero-order valence-corrected chi connectivity index (χ0v) is 20.0. The summed E-state index contributed by atoms with van der Waals surface area (Å²) in [4.78, 5) is 25.2. The number of amides is 3. The molecule has 35 heavy (non-hydrogen) atoms.